The summed E-state index contributed by atoms with van der Waals surface area (Å²) in [5.74, 6) is -0.514. The Hall–Kier alpha value is -0.650. The third-order valence-electron chi connectivity index (χ3n) is 4.12. The molecule has 0 aromatic heterocycles. The molecular formula is C15H22F2N2S. The summed E-state index contributed by atoms with van der Waals surface area (Å²) in [6, 6.07) is 4.25. The van der Waals surface area contributed by atoms with Gasteiger partial charge in [0, 0.05) is 41.7 Å². The van der Waals surface area contributed by atoms with E-state index in [1.54, 1.807) is 6.07 Å². The second-order valence-corrected chi connectivity index (χ2v) is 6.88. The number of thioether (sulfide) groups is 1. The summed E-state index contributed by atoms with van der Waals surface area (Å²) < 4.78 is 26.9. The second kappa shape index (κ2) is 6.87. The van der Waals surface area contributed by atoms with Crippen molar-refractivity contribution in [3.63, 3.8) is 0 Å². The van der Waals surface area contributed by atoms with Crippen LogP contribution in [0, 0.1) is 11.6 Å². The standard InChI is InChI=1S/C15H22F2N2S/c1-10-11(2)20-9-8-19(10)7-6-14(18)12-4-3-5-13(16)15(12)17/h3-5,10-11,14H,6-9,18H2,1-2H3. The van der Waals surface area contributed by atoms with E-state index >= 15 is 0 Å². The zero-order chi connectivity index (χ0) is 14.7. The van der Waals surface area contributed by atoms with Crippen molar-refractivity contribution in [1.82, 2.24) is 4.90 Å². The summed E-state index contributed by atoms with van der Waals surface area (Å²) in [5, 5.41) is 0.603. The van der Waals surface area contributed by atoms with Crippen LogP contribution >= 0.6 is 11.8 Å². The molecule has 0 radical (unpaired) electrons. The van der Waals surface area contributed by atoms with Gasteiger partial charge in [0.05, 0.1) is 0 Å². The van der Waals surface area contributed by atoms with E-state index in [9.17, 15) is 8.78 Å². The molecule has 0 spiro atoms. The molecule has 3 atom stereocenters. The van der Waals surface area contributed by atoms with Crippen LogP contribution in [0.5, 0.6) is 0 Å². The van der Waals surface area contributed by atoms with Crippen LogP contribution in [0.25, 0.3) is 0 Å². The molecule has 0 amide bonds. The minimum absolute atomic E-state index is 0.275. The van der Waals surface area contributed by atoms with E-state index in [-0.39, 0.29) is 5.56 Å². The lowest BCUT2D eigenvalue weighted by molar-refractivity contribution is 0.205. The molecule has 0 saturated carbocycles. The van der Waals surface area contributed by atoms with Gasteiger partial charge in [0.2, 0.25) is 0 Å². The Balaban J connectivity index is 1.95. The highest BCUT2D eigenvalue weighted by molar-refractivity contribution is 8.00. The summed E-state index contributed by atoms with van der Waals surface area (Å²) in [6.07, 6.45) is 0.641. The molecule has 1 saturated heterocycles. The zero-order valence-electron chi connectivity index (χ0n) is 12.0. The average molecular weight is 300 g/mol. The third-order valence-corrected chi connectivity index (χ3v) is 5.46. The Morgan fingerprint density at radius 2 is 2.15 bits per heavy atom. The number of rotatable bonds is 4. The third kappa shape index (κ3) is 3.51. The second-order valence-electron chi connectivity index (χ2n) is 5.39. The highest BCUT2D eigenvalue weighted by Gasteiger charge is 2.25. The van der Waals surface area contributed by atoms with Crippen LogP contribution in [-0.2, 0) is 0 Å². The molecule has 1 heterocycles. The summed E-state index contributed by atoms with van der Waals surface area (Å²) in [4.78, 5) is 2.39. The van der Waals surface area contributed by atoms with Gasteiger partial charge in [-0.15, -0.1) is 0 Å². The van der Waals surface area contributed by atoms with Gasteiger partial charge in [0.25, 0.3) is 0 Å². The lowest BCUT2D eigenvalue weighted by Crippen LogP contribution is -2.45. The predicted octanol–water partition coefficient (Wildman–Crippen LogP) is 3.18. The number of benzene rings is 1. The van der Waals surface area contributed by atoms with Crippen LogP contribution in [-0.4, -0.2) is 35.0 Å². The van der Waals surface area contributed by atoms with E-state index < -0.39 is 17.7 Å². The van der Waals surface area contributed by atoms with Crippen LogP contribution in [0.4, 0.5) is 8.78 Å². The molecule has 0 bridgehead atoms. The van der Waals surface area contributed by atoms with Crippen LogP contribution in [0.15, 0.2) is 18.2 Å². The van der Waals surface area contributed by atoms with Crippen molar-refractivity contribution >= 4 is 11.8 Å². The zero-order valence-corrected chi connectivity index (χ0v) is 12.8. The SMILES string of the molecule is CC1SCCN(CCC(N)c2cccc(F)c2F)C1C. The molecule has 1 aromatic rings. The summed E-state index contributed by atoms with van der Waals surface area (Å²) in [7, 11) is 0. The van der Waals surface area contributed by atoms with Gasteiger partial charge in [-0.1, -0.05) is 19.1 Å². The fourth-order valence-corrected chi connectivity index (χ4v) is 3.74. The fourth-order valence-electron chi connectivity index (χ4n) is 2.58. The van der Waals surface area contributed by atoms with Crippen molar-refractivity contribution in [2.24, 2.45) is 5.73 Å². The van der Waals surface area contributed by atoms with Gasteiger partial charge in [-0.2, -0.15) is 11.8 Å². The number of nitrogens with zero attached hydrogens (tertiary/aromatic N) is 1. The van der Waals surface area contributed by atoms with E-state index in [2.05, 4.69) is 18.7 Å². The molecule has 5 heteroatoms. The Morgan fingerprint density at radius 3 is 2.90 bits per heavy atom. The number of hydrogen-bond donors (Lipinski definition) is 1. The van der Waals surface area contributed by atoms with Crippen molar-refractivity contribution < 1.29 is 8.78 Å². The monoisotopic (exact) mass is 300 g/mol. The van der Waals surface area contributed by atoms with Crippen molar-refractivity contribution in [2.45, 2.75) is 37.6 Å². The molecule has 3 unspecified atom stereocenters. The maximum absolute atomic E-state index is 13.7. The minimum Gasteiger partial charge on any atom is -0.324 e. The van der Waals surface area contributed by atoms with Crippen LogP contribution in [0.2, 0.25) is 0 Å². The quantitative estimate of drug-likeness (QED) is 0.926. The highest BCUT2D eigenvalue weighted by atomic mass is 32.2. The van der Waals surface area contributed by atoms with E-state index in [1.807, 2.05) is 11.8 Å². The summed E-state index contributed by atoms with van der Waals surface area (Å²) in [5.41, 5.74) is 6.30. The Labute approximate surface area is 123 Å². The van der Waals surface area contributed by atoms with E-state index in [0.717, 1.165) is 24.9 Å². The minimum atomic E-state index is -0.825. The Morgan fingerprint density at radius 1 is 1.40 bits per heavy atom. The average Bonchev–Trinajstić information content (AvgIpc) is 2.43. The molecule has 1 fully saturated rings. The first kappa shape index (κ1) is 15.7. The molecule has 2 rings (SSSR count). The van der Waals surface area contributed by atoms with Crippen LogP contribution in [0.3, 0.4) is 0 Å². The predicted molar refractivity (Wildman–Crippen MR) is 80.9 cm³/mol. The Kier molecular flexibility index (Phi) is 5.41. The van der Waals surface area contributed by atoms with Gasteiger partial charge in [-0.05, 0) is 19.4 Å². The van der Waals surface area contributed by atoms with E-state index in [0.29, 0.717) is 17.7 Å². The number of halogens is 2. The molecule has 0 aliphatic carbocycles. The smallest absolute Gasteiger partial charge is 0.163 e. The van der Waals surface area contributed by atoms with Gasteiger partial charge in [0.1, 0.15) is 0 Å². The van der Waals surface area contributed by atoms with Crippen molar-refractivity contribution in [3.8, 4) is 0 Å². The van der Waals surface area contributed by atoms with Crippen LogP contribution in [0.1, 0.15) is 31.9 Å². The highest BCUT2D eigenvalue weighted by Crippen LogP contribution is 2.26. The summed E-state index contributed by atoms with van der Waals surface area (Å²) in [6.45, 7) is 6.30. The first-order chi connectivity index (χ1) is 9.50. The van der Waals surface area contributed by atoms with Crippen molar-refractivity contribution in [1.29, 1.82) is 0 Å². The normalized spacial score (nSPS) is 25.6. The molecular weight excluding hydrogens is 278 g/mol. The molecule has 1 aromatic carbocycles. The molecule has 1 aliphatic rings. The first-order valence-electron chi connectivity index (χ1n) is 7.06. The van der Waals surface area contributed by atoms with Gasteiger partial charge in [-0.3, -0.25) is 4.90 Å². The lowest BCUT2D eigenvalue weighted by Gasteiger charge is -2.38. The van der Waals surface area contributed by atoms with Gasteiger partial charge in [-0.25, -0.2) is 8.78 Å². The van der Waals surface area contributed by atoms with Crippen LogP contribution < -0.4 is 5.73 Å². The topological polar surface area (TPSA) is 29.3 Å². The number of hydrogen-bond acceptors (Lipinski definition) is 3. The molecule has 112 valence electrons. The number of nitrogens with two attached hydrogens (primary N) is 1. The van der Waals surface area contributed by atoms with E-state index in [1.165, 1.54) is 6.07 Å². The maximum Gasteiger partial charge on any atom is 0.163 e. The molecule has 2 nitrogen and oxygen atoms in total. The largest absolute Gasteiger partial charge is 0.324 e. The van der Waals surface area contributed by atoms with E-state index in [4.69, 9.17) is 5.73 Å². The maximum atomic E-state index is 13.7. The van der Waals surface area contributed by atoms with Gasteiger partial charge in [0.15, 0.2) is 11.6 Å². The van der Waals surface area contributed by atoms with Crippen molar-refractivity contribution in [2.75, 3.05) is 18.8 Å². The summed E-state index contributed by atoms with van der Waals surface area (Å²) >= 11 is 1.98. The molecule has 1 aliphatic heterocycles. The first-order valence-corrected chi connectivity index (χ1v) is 8.10. The fraction of sp³-hybridized carbons (Fsp3) is 0.600. The van der Waals surface area contributed by atoms with Crippen molar-refractivity contribution in [3.05, 3.63) is 35.4 Å². The molecule has 20 heavy (non-hydrogen) atoms. The molecule has 2 N–H and O–H groups in total. The van der Waals surface area contributed by atoms with Gasteiger partial charge >= 0.3 is 0 Å². The van der Waals surface area contributed by atoms with Gasteiger partial charge < -0.3 is 5.73 Å². The Bertz CT molecular complexity index is 455. The lowest BCUT2D eigenvalue weighted by atomic mass is 10.0.